The Bertz CT molecular complexity index is 1080. The fourth-order valence-corrected chi connectivity index (χ4v) is 3.79. The molecule has 154 valence electrons. The van der Waals surface area contributed by atoms with Crippen molar-refractivity contribution in [1.82, 2.24) is 4.57 Å². The van der Waals surface area contributed by atoms with Gasteiger partial charge in [0.25, 0.3) is 0 Å². The highest BCUT2D eigenvalue weighted by Gasteiger charge is 2.40. The Hall–Kier alpha value is -3.01. The van der Waals surface area contributed by atoms with Crippen LogP contribution in [-0.2, 0) is 4.84 Å². The summed E-state index contributed by atoms with van der Waals surface area (Å²) >= 11 is 0. The first kappa shape index (κ1) is 19.3. The molecule has 1 aromatic carbocycles. The predicted molar refractivity (Wildman–Crippen MR) is 103 cm³/mol. The van der Waals surface area contributed by atoms with Crippen LogP contribution < -0.4 is 16.1 Å². The number of aromatic carboxylic acids is 1. The van der Waals surface area contributed by atoms with Crippen molar-refractivity contribution in [1.29, 1.82) is 0 Å². The van der Waals surface area contributed by atoms with E-state index < -0.39 is 41.0 Å². The molecule has 1 saturated carbocycles. The van der Waals surface area contributed by atoms with Crippen molar-refractivity contribution in [2.24, 2.45) is 10.9 Å². The topological polar surface area (TPSA) is 110 Å². The number of fused-ring (bicyclic) bond motifs is 1. The minimum atomic E-state index is -1.43. The second-order valence-corrected chi connectivity index (χ2v) is 7.29. The normalized spacial score (nSPS) is 25.4. The van der Waals surface area contributed by atoms with E-state index in [4.69, 9.17) is 10.6 Å². The molecule has 4 rings (SSSR count). The van der Waals surface area contributed by atoms with Gasteiger partial charge in [-0.15, -0.1) is 0 Å². The fraction of sp³-hybridized carbons (Fsp3) is 0.421. The molecule has 1 aliphatic carbocycles. The van der Waals surface area contributed by atoms with Crippen LogP contribution in [-0.4, -0.2) is 53.8 Å². The molecule has 0 spiro atoms. The average molecular weight is 406 g/mol. The molecule has 1 saturated heterocycles. The number of rotatable bonds is 4. The lowest BCUT2D eigenvalue weighted by Gasteiger charge is -2.33. The number of nitrogens with zero attached hydrogens (tertiary/aromatic N) is 3. The summed E-state index contributed by atoms with van der Waals surface area (Å²) in [4.78, 5) is 30.5. The summed E-state index contributed by atoms with van der Waals surface area (Å²) in [6.07, 6.45) is 0.707. The van der Waals surface area contributed by atoms with E-state index in [0.717, 1.165) is 12.3 Å². The minimum Gasteiger partial charge on any atom is -0.477 e. The van der Waals surface area contributed by atoms with E-state index in [2.05, 4.69) is 5.16 Å². The first-order valence-corrected chi connectivity index (χ1v) is 9.18. The Morgan fingerprint density at radius 3 is 2.72 bits per heavy atom. The Labute approximate surface area is 164 Å². The number of nitrogens with two attached hydrogens (primary N) is 1. The van der Waals surface area contributed by atoms with Crippen molar-refractivity contribution in [3.8, 4) is 0 Å². The van der Waals surface area contributed by atoms with Gasteiger partial charge < -0.3 is 25.1 Å². The number of hydrogen-bond donors (Lipinski definition) is 2. The highest BCUT2D eigenvalue weighted by Crippen LogP contribution is 2.41. The zero-order valence-electron chi connectivity index (χ0n) is 15.6. The molecule has 10 heteroatoms. The summed E-state index contributed by atoms with van der Waals surface area (Å²) in [6.45, 7) is 0.724. The number of anilines is 1. The van der Waals surface area contributed by atoms with Crippen LogP contribution in [0.3, 0.4) is 0 Å². The molecule has 2 fully saturated rings. The van der Waals surface area contributed by atoms with Gasteiger partial charge in [0.2, 0.25) is 5.43 Å². The van der Waals surface area contributed by atoms with E-state index in [1.54, 1.807) is 4.90 Å². The van der Waals surface area contributed by atoms with E-state index in [-0.39, 0.29) is 24.0 Å². The molecule has 3 N–H and O–H groups in total. The molecular formula is C19H20F2N4O4. The summed E-state index contributed by atoms with van der Waals surface area (Å²) in [5.41, 5.74) is 5.98. The molecule has 1 aliphatic heterocycles. The number of aromatic nitrogens is 1. The molecule has 29 heavy (non-hydrogen) atoms. The Balaban J connectivity index is 1.83. The van der Waals surface area contributed by atoms with Gasteiger partial charge in [-0.25, -0.2) is 13.6 Å². The number of piperidine rings is 1. The lowest BCUT2D eigenvalue weighted by atomic mass is 10.0. The van der Waals surface area contributed by atoms with Crippen LogP contribution in [0.5, 0.6) is 0 Å². The summed E-state index contributed by atoms with van der Waals surface area (Å²) in [6, 6.07) is 1.47. The SMILES string of the molecule is CO/N=C1/CCN(c2cc3c(cc2F)c(=O)c(C(=O)O)cn3[C@@H]2C[C@@H]2F)CC1N. The van der Waals surface area contributed by atoms with Crippen LogP contribution in [0.25, 0.3) is 10.9 Å². The van der Waals surface area contributed by atoms with Gasteiger partial charge in [-0.3, -0.25) is 4.79 Å². The number of benzene rings is 1. The molecule has 2 heterocycles. The van der Waals surface area contributed by atoms with Crippen molar-refractivity contribution >= 4 is 28.3 Å². The fourth-order valence-electron chi connectivity index (χ4n) is 3.79. The third-order valence-electron chi connectivity index (χ3n) is 5.40. The molecule has 8 nitrogen and oxygen atoms in total. The molecule has 3 atom stereocenters. The zero-order valence-corrected chi connectivity index (χ0v) is 15.6. The third kappa shape index (κ3) is 3.33. The number of carbonyl (C=O) groups is 1. The minimum absolute atomic E-state index is 0.0896. The number of halogens is 2. The van der Waals surface area contributed by atoms with Crippen molar-refractivity contribution < 1.29 is 23.5 Å². The van der Waals surface area contributed by atoms with E-state index in [9.17, 15) is 23.5 Å². The Morgan fingerprint density at radius 2 is 2.14 bits per heavy atom. The maximum Gasteiger partial charge on any atom is 0.341 e. The largest absolute Gasteiger partial charge is 0.477 e. The molecular weight excluding hydrogens is 386 g/mol. The number of pyridine rings is 1. The number of oxime groups is 1. The van der Waals surface area contributed by atoms with Crippen LogP contribution in [0.1, 0.15) is 29.2 Å². The maximum absolute atomic E-state index is 14.9. The van der Waals surface area contributed by atoms with Gasteiger partial charge in [-0.2, -0.15) is 0 Å². The summed E-state index contributed by atoms with van der Waals surface area (Å²) in [5, 5.41) is 13.1. The van der Waals surface area contributed by atoms with Crippen molar-refractivity contribution in [3.05, 3.63) is 39.9 Å². The van der Waals surface area contributed by atoms with Gasteiger partial charge >= 0.3 is 5.97 Å². The van der Waals surface area contributed by atoms with Crippen LogP contribution in [0.15, 0.2) is 28.3 Å². The van der Waals surface area contributed by atoms with Crippen LogP contribution in [0.2, 0.25) is 0 Å². The molecule has 2 aromatic rings. The molecule has 1 unspecified atom stereocenters. The molecule has 0 amide bonds. The first-order valence-electron chi connectivity index (χ1n) is 9.18. The number of hydrogen-bond acceptors (Lipinski definition) is 6. The number of alkyl halides is 1. The number of carboxylic acids is 1. The Morgan fingerprint density at radius 1 is 1.41 bits per heavy atom. The van der Waals surface area contributed by atoms with Gasteiger partial charge in [-0.1, -0.05) is 5.16 Å². The van der Waals surface area contributed by atoms with Gasteiger partial charge in [0.1, 0.15) is 24.7 Å². The molecule has 0 bridgehead atoms. The van der Waals surface area contributed by atoms with Gasteiger partial charge in [0.15, 0.2) is 0 Å². The van der Waals surface area contributed by atoms with Crippen LogP contribution in [0, 0.1) is 5.82 Å². The number of carboxylic acid groups (broad SMARTS) is 1. The predicted octanol–water partition coefficient (Wildman–Crippen LogP) is 1.66. The van der Waals surface area contributed by atoms with Gasteiger partial charge in [0, 0.05) is 37.5 Å². The van der Waals surface area contributed by atoms with E-state index in [1.165, 1.54) is 17.7 Å². The van der Waals surface area contributed by atoms with Crippen LogP contribution in [0.4, 0.5) is 14.5 Å². The lowest BCUT2D eigenvalue weighted by Crippen LogP contribution is -2.49. The monoisotopic (exact) mass is 406 g/mol. The lowest BCUT2D eigenvalue weighted by molar-refractivity contribution is 0.0694. The molecule has 0 radical (unpaired) electrons. The average Bonchev–Trinajstić information content (AvgIpc) is 3.40. The zero-order chi connectivity index (χ0) is 20.9. The Kier molecular flexibility index (Phi) is 4.73. The highest BCUT2D eigenvalue weighted by atomic mass is 19.1. The quantitative estimate of drug-likeness (QED) is 0.748. The van der Waals surface area contributed by atoms with Gasteiger partial charge in [0.05, 0.1) is 29.0 Å². The second-order valence-electron chi connectivity index (χ2n) is 7.29. The second kappa shape index (κ2) is 7.11. The van der Waals surface area contributed by atoms with E-state index in [1.807, 2.05) is 0 Å². The standard InChI is InChI=1S/C19H20F2N4O4/c1-29-23-14-2-3-24(8-13(14)22)16-6-15-9(4-11(16)20)18(26)10(19(27)28)7-25(15)17-5-12(17)21/h4,6-7,12-13,17H,2-3,5,8,22H2,1H3,(H,27,28)/b23-14-/t12-,13?,17+/m0/s1. The van der Waals surface area contributed by atoms with Gasteiger partial charge in [-0.05, 0) is 12.1 Å². The molecule has 2 aliphatic rings. The highest BCUT2D eigenvalue weighted by molar-refractivity contribution is 5.94. The first-order chi connectivity index (χ1) is 13.8. The van der Waals surface area contributed by atoms with Crippen molar-refractivity contribution in [3.63, 3.8) is 0 Å². The van der Waals surface area contributed by atoms with Crippen molar-refractivity contribution in [2.75, 3.05) is 25.1 Å². The van der Waals surface area contributed by atoms with Crippen molar-refractivity contribution in [2.45, 2.75) is 31.1 Å². The van der Waals surface area contributed by atoms with Crippen LogP contribution >= 0.6 is 0 Å². The smallest absolute Gasteiger partial charge is 0.341 e. The third-order valence-corrected chi connectivity index (χ3v) is 5.40. The summed E-state index contributed by atoms with van der Waals surface area (Å²) in [5.74, 6) is -2.10. The molecule has 1 aromatic heterocycles. The van der Waals surface area contributed by atoms with E-state index >= 15 is 0 Å². The summed E-state index contributed by atoms with van der Waals surface area (Å²) in [7, 11) is 1.43. The maximum atomic E-state index is 14.9. The van der Waals surface area contributed by atoms with E-state index in [0.29, 0.717) is 24.2 Å². The summed E-state index contributed by atoms with van der Waals surface area (Å²) < 4.78 is 30.1.